The molecular weight excluding hydrogens is 124 g/mol. The maximum absolute atomic E-state index is 4.25. The van der Waals surface area contributed by atoms with Crippen molar-refractivity contribution in [3.63, 3.8) is 0 Å². The van der Waals surface area contributed by atoms with Crippen LogP contribution in [0.15, 0.2) is 0 Å². The molecule has 0 aromatic carbocycles. The Bertz CT molecular complexity index is 28.5. The summed E-state index contributed by atoms with van der Waals surface area (Å²) in [5.74, 6) is 0. The lowest BCUT2D eigenvalue weighted by molar-refractivity contribution is 0.277. The molecule has 0 unspecified atom stereocenters. The van der Waals surface area contributed by atoms with Gasteiger partial charge in [-0.05, 0) is 5.41 Å². The van der Waals surface area contributed by atoms with Gasteiger partial charge in [0.05, 0.1) is 0 Å². The van der Waals surface area contributed by atoms with Gasteiger partial charge < -0.3 is 4.74 Å². The van der Waals surface area contributed by atoms with Crippen molar-refractivity contribution < 1.29 is 4.74 Å². The molecule has 0 saturated carbocycles. The highest BCUT2D eigenvalue weighted by atomic mass is 16.4. The van der Waals surface area contributed by atoms with E-state index in [0.29, 0.717) is 5.41 Å². The first-order valence-electron chi connectivity index (χ1n) is 2.82. The van der Waals surface area contributed by atoms with Gasteiger partial charge in [0, 0.05) is 14.2 Å². The number of methoxy groups -OCH3 is 1. The fourth-order valence-electron chi connectivity index (χ4n) is 0. The van der Waals surface area contributed by atoms with Crippen molar-refractivity contribution in [1.82, 2.24) is 0 Å². The smallest absolute Gasteiger partial charge is 0.0351 e. The predicted molar refractivity (Wildman–Crippen MR) is 51.5 cm³/mol. The Kier molecular flexibility index (Phi) is 26.4. The van der Waals surface area contributed by atoms with Gasteiger partial charge in [0.2, 0.25) is 0 Å². The van der Waals surface area contributed by atoms with Crippen LogP contribution < -0.4 is 0 Å². The maximum atomic E-state index is 4.25. The molecule has 10 heavy (non-hydrogen) atoms. The average Bonchev–Trinajstić information content (AvgIpc) is 1.27. The van der Waals surface area contributed by atoms with Crippen LogP contribution in [0.25, 0.3) is 0 Å². The van der Waals surface area contributed by atoms with Gasteiger partial charge in [-0.25, -0.2) is 0 Å². The molecule has 68 valence electrons. The van der Waals surface area contributed by atoms with Crippen molar-refractivity contribution in [2.24, 2.45) is 5.41 Å². The van der Waals surface area contributed by atoms with E-state index in [4.69, 9.17) is 0 Å². The Morgan fingerprint density at radius 1 is 0.800 bits per heavy atom. The van der Waals surface area contributed by atoms with Crippen LogP contribution in [-0.4, -0.2) is 14.2 Å². The Morgan fingerprint density at radius 3 is 0.800 bits per heavy atom. The lowest BCUT2D eigenvalue weighted by atomic mass is 10.0. The van der Waals surface area contributed by atoms with E-state index in [1.54, 1.807) is 14.2 Å². The van der Waals surface area contributed by atoms with Gasteiger partial charge in [0.15, 0.2) is 0 Å². The van der Waals surface area contributed by atoms with Crippen LogP contribution in [0.1, 0.15) is 42.5 Å². The van der Waals surface area contributed by atoms with E-state index in [1.165, 1.54) is 0 Å². The molecule has 0 N–H and O–H groups in total. The minimum absolute atomic E-state index is 0. The fourth-order valence-corrected chi connectivity index (χ4v) is 0. The molecule has 0 saturated heterocycles. The minimum atomic E-state index is 0. The molecule has 0 radical (unpaired) electrons. The van der Waals surface area contributed by atoms with Crippen LogP contribution in [-0.2, 0) is 4.74 Å². The zero-order valence-electron chi connectivity index (χ0n) is 6.91. The standard InChI is InChI=1S/C5H12.C2H6O.2CH4/c1-5(2,3)4;1-3-2;;/h1-4H3;1-2H3;2*1H4. The lowest BCUT2D eigenvalue weighted by Crippen LogP contribution is -1.93. The summed E-state index contributed by atoms with van der Waals surface area (Å²) in [4.78, 5) is 0. The van der Waals surface area contributed by atoms with Crippen LogP contribution >= 0.6 is 0 Å². The number of hydrogen-bond acceptors (Lipinski definition) is 1. The topological polar surface area (TPSA) is 9.23 Å². The van der Waals surface area contributed by atoms with E-state index in [0.717, 1.165) is 0 Å². The molecule has 0 aliphatic carbocycles. The van der Waals surface area contributed by atoms with E-state index >= 15 is 0 Å². The largest absolute Gasteiger partial charge is 0.388 e. The molecule has 0 amide bonds. The first-order chi connectivity index (χ1) is 3.41. The van der Waals surface area contributed by atoms with Crippen LogP contribution in [0.4, 0.5) is 0 Å². The van der Waals surface area contributed by atoms with Crippen molar-refractivity contribution in [2.45, 2.75) is 42.5 Å². The third-order valence-corrected chi connectivity index (χ3v) is 0. The van der Waals surface area contributed by atoms with Gasteiger partial charge >= 0.3 is 0 Å². The van der Waals surface area contributed by atoms with Crippen molar-refractivity contribution in [3.8, 4) is 0 Å². The zero-order chi connectivity index (χ0) is 7.21. The summed E-state index contributed by atoms with van der Waals surface area (Å²) < 4.78 is 4.25. The fraction of sp³-hybridized carbons (Fsp3) is 1.00. The van der Waals surface area contributed by atoms with E-state index in [9.17, 15) is 0 Å². The van der Waals surface area contributed by atoms with Crippen LogP contribution in [0.5, 0.6) is 0 Å². The Labute approximate surface area is 67.8 Å². The molecule has 0 heterocycles. The molecule has 0 aliphatic rings. The molecule has 0 aromatic heterocycles. The highest BCUT2D eigenvalue weighted by molar-refractivity contribution is 4.47. The van der Waals surface area contributed by atoms with Gasteiger partial charge in [-0.2, -0.15) is 0 Å². The van der Waals surface area contributed by atoms with Crippen molar-refractivity contribution in [2.75, 3.05) is 14.2 Å². The quantitative estimate of drug-likeness (QED) is 0.513. The Balaban J connectivity index is -0.0000000326. The molecule has 0 bridgehead atoms. The van der Waals surface area contributed by atoms with Gasteiger partial charge in [-0.15, -0.1) is 0 Å². The maximum Gasteiger partial charge on any atom is 0.0351 e. The van der Waals surface area contributed by atoms with Gasteiger partial charge in [0.1, 0.15) is 0 Å². The lowest BCUT2D eigenvalue weighted by Gasteiger charge is -2.05. The van der Waals surface area contributed by atoms with Crippen molar-refractivity contribution >= 4 is 0 Å². The SMILES string of the molecule is C.C.CC(C)(C)C.COC. The number of ether oxygens (including phenoxy) is 1. The first kappa shape index (κ1) is 22.5. The Hall–Kier alpha value is -0.0400. The second-order valence-corrected chi connectivity index (χ2v) is 3.41. The molecule has 1 nitrogen and oxygen atoms in total. The van der Waals surface area contributed by atoms with Gasteiger partial charge in [0.25, 0.3) is 0 Å². The van der Waals surface area contributed by atoms with Crippen molar-refractivity contribution in [3.05, 3.63) is 0 Å². The zero-order valence-corrected chi connectivity index (χ0v) is 6.91. The first-order valence-corrected chi connectivity index (χ1v) is 2.82. The second kappa shape index (κ2) is 11.7. The highest BCUT2D eigenvalue weighted by Gasteiger charge is 1.95. The number of hydrogen-bond donors (Lipinski definition) is 0. The van der Waals surface area contributed by atoms with E-state index in [-0.39, 0.29) is 14.9 Å². The third-order valence-electron chi connectivity index (χ3n) is 0. The minimum Gasteiger partial charge on any atom is -0.388 e. The molecule has 1 heteroatoms. The van der Waals surface area contributed by atoms with E-state index in [1.807, 2.05) is 0 Å². The molecule has 0 atom stereocenters. The number of rotatable bonds is 0. The van der Waals surface area contributed by atoms with Gasteiger partial charge in [-0.1, -0.05) is 42.5 Å². The predicted octanol–water partition coefficient (Wildman–Crippen LogP) is 3.59. The summed E-state index contributed by atoms with van der Waals surface area (Å²) in [6.07, 6.45) is 0. The third kappa shape index (κ3) is 241000. The van der Waals surface area contributed by atoms with E-state index < -0.39 is 0 Å². The molecule has 0 aromatic rings. The van der Waals surface area contributed by atoms with Crippen LogP contribution in [0.2, 0.25) is 0 Å². The average molecular weight is 150 g/mol. The monoisotopic (exact) mass is 150 g/mol. The second-order valence-electron chi connectivity index (χ2n) is 3.41. The van der Waals surface area contributed by atoms with Crippen LogP contribution in [0, 0.1) is 5.41 Å². The Morgan fingerprint density at radius 2 is 0.800 bits per heavy atom. The molecule has 0 aliphatic heterocycles. The van der Waals surface area contributed by atoms with Gasteiger partial charge in [-0.3, -0.25) is 0 Å². The summed E-state index contributed by atoms with van der Waals surface area (Å²) in [7, 11) is 3.25. The summed E-state index contributed by atoms with van der Waals surface area (Å²) in [5, 5.41) is 0. The van der Waals surface area contributed by atoms with Crippen molar-refractivity contribution in [1.29, 1.82) is 0 Å². The summed E-state index contributed by atoms with van der Waals surface area (Å²) in [5.41, 5.74) is 0.500. The summed E-state index contributed by atoms with van der Waals surface area (Å²) >= 11 is 0. The highest BCUT2D eigenvalue weighted by Crippen LogP contribution is 2.07. The van der Waals surface area contributed by atoms with E-state index in [2.05, 4.69) is 32.4 Å². The molecule has 0 spiro atoms. The normalized spacial score (nSPS) is 7.80. The summed E-state index contributed by atoms with van der Waals surface area (Å²) in [6, 6.07) is 0. The summed E-state index contributed by atoms with van der Waals surface area (Å²) in [6.45, 7) is 8.75. The molecule has 0 fully saturated rings. The molecule has 0 rings (SSSR count). The van der Waals surface area contributed by atoms with Crippen LogP contribution in [0.3, 0.4) is 0 Å². The molecular formula is C9H26O.